The van der Waals surface area contributed by atoms with Gasteiger partial charge in [0.2, 0.25) is 5.75 Å². The minimum absolute atomic E-state index is 0.242. The number of rotatable bonds is 13. The molecule has 5 heteroatoms. The molecule has 1 heterocycles. The summed E-state index contributed by atoms with van der Waals surface area (Å²) in [5.74, 6) is 0.636. The third-order valence-corrected chi connectivity index (χ3v) is 5.42. The van der Waals surface area contributed by atoms with Gasteiger partial charge in [-0.3, -0.25) is 4.79 Å². The maximum Gasteiger partial charge on any atom is 0.297 e. The Kier molecular flexibility index (Phi) is 10.4. The molecule has 0 radical (unpaired) electrons. The zero-order valence-electron chi connectivity index (χ0n) is 20.4. The molecule has 0 unspecified atom stereocenters. The first-order chi connectivity index (χ1) is 15.4. The second kappa shape index (κ2) is 13.0. The third kappa shape index (κ3) is 7.18. The van der Waals surface area contributed by atoms with Crippen molar-refractivity contribution < 1.29 is 14.6 Å². The molecule has 0 aliphatic heterocycles. The summed E-state index contributed by atoms with van der Waals surface area (Å²) >= 11 is 0. The fourth-order valence-electron chi connectivity index (χ4n) is 3.46. The molecule has 32 heavy (non-hydrogen) atoms. The highest BCUT2D eigenvalue weighted by atomic mass is 16.5. The van der Waals surface area contributed by atoms with Gasteiger partial charge >= 0.3 is 0 Å². The molecular formula is C27H39NO4. The van der Waals surface area contributed by atoms with E-state index in [-0.39, 0.29) is 11.5 Å². The molecule has 0 aliphatic rings. The number of hydrogen-bond acceptors (Lipinski definition) is 4. The predicted octanol–water partition coefficient (Wildman–Crippen LogP) is 6.76. The van der Waals surface area contributed by atoms with E-state index in [0.29, 0.717) is 19.8 Å². The van der Waals surface area contributed by atoms with E-state index in [2.05, 4.69) is 40.7 Å². The Hall–Kier alpha value is -2.69. The summed E-state index contributed by atoms with van der Waals surface area (Å²) in [7, 11) is 0. The Morgan fingerprint density at radius 1 is 1.06 bits per heavy atom. The molecule has 0 amide bonds. The molecule has 0 saturated carbocycles. The van der Waals surface area contributed by atoms with Crippen LogP contribution in [0.3, 0.4) is 0 Å². The van der Waals surface area contributed by atoms with Crippen LogP contribution >= 0.6 is 0 Å². The number of hydrogen-bond donors (Lipinski definition) is 1. The van der Waals surface area contributed by atoms with Crippen molar-refractivity contribution in [3.05, 3.63) is 51.9 Å². The number of pyridine rings is 1. The molecule has 5 nitrogen and oxygen atoms in total. The number of aryl methyl sites for hydroxylation is 1. The number of benzene rings is 1. The average Bonchev–Trinajstić information content (AvgIpc) is 2.76. The molecule has 0 fully saturated rings. The second-order valence-electron chi connectivity index (χ2n) is 8.55. The van der Waals surface area contributed by atoms with Crippen molar-refractivity contribution in [2.45, 2.75) is 79.7 Å². The Labute approximate surface area is 192 Å². The van der Waals surface area contributed by atoms with E-state index < -0.39 is 5.56 Å². The molecule has 1 N–H and O–H groups in total. The van der Waals surface area contributed by atoms with E-state index in [0.717, 1.165) is 55.2 Å². The topological polar surface area (TPSA) is 60.7 Å². The number of aromatic hydroxyl groups is 1. The van der Waals surface area contributed by atoms with E-state index >= 15 is 0 Å². The standard InChI is InChI=1S/C27H39NO4/c1-6-8-16-28-24-19-22(31-17-9-7-2)13-14-23(24)26(25(29)27(28)30)32-18-15-21(5)12-10-11-20(3)4/h11,13-15,19,29H,6-10,12,16-18H2,1-5H3/b21-15+. The Balaban J connectivity index is 2.34. The highest BCUT2D eigenvalue weighted by Crippen LogP contribution is 2.34. The molecule has 0 bridgehead atoms. The summed E-state index contributed by atoms with van der Waals surface area (Å²) in [6.45, 7) is 11.9. The van der Waals surface area contributed by atoms with Crippen molar-refractivity contribution in [1.82, 2.24) is 4.57 Å². The molecular weight excluding hydrogens is 402 g/mol. The van der Waals surface area contributed by atoms with Crippen molar-refractivity contribution >= 4 is 10.9 Å². The van der Waals surface area contributed by atoms with Crippen LogP contribution in [0.25, 0.3) is 10.9 Å². The van der Waals surface area contributed by atoms with Gasteiger partial charge in [-0.05, 0) is 64.7 Å². The first kappa shape index (κ1) is 25.6. The summed E-state index contributed by atoms with van der Waals surface area (Å²) in [5.41, 5.74) is 2.84. The van der Waals surface area contributed by atoms with Crippen LogP contribution in [0.4, 0.5) is 0 Å². The van der Waals surface area contributed by atoms with Gasteiger partial charge < -0.3 is 19.1 Å². The number of nitrogens with zero attached hydrogens (tertiary/aromatic N) is 1. The largest absolute Gasteiger partial charge is 0.500 e. The Bertz CT molecular complexity index is 997. The van der Waals surface area contributed by atoms with Crippen molar-refractivity contribution in [2.75, 3.05) is 13.2 Å². The van der Waals surface area contributed by atoms with E-state index in [1.807, 2.05) is 24.3 Å². The van der Waals surface area contributed by atoms with Gasteiger partial charge in [0.25, 0.3) is 5.56 Å². The van der Waals surface area contributed by atoms with Gasteiger partial charge in [-0.25, -0.2) is 0 Å². The van der Waals surface area contributed by atoms with E-state index in [4.69, 9.17) is 9.47 Å². The van der Waals surface area contributed by atoms with Crippen molar-refractivity contribution in [3.63, 3.8) is 0 Å². The van der Waals surface area contributed by atoms with Gasteiger partial charge in [0, 0.05) is 18.0 Å². The lowest BCUT2D eigenvalue weighted by atomic mass is 10.1. The minimum Gasteiger partial charge on any atom is -0.500 e. The molecule has 2 aromatic rings. The van der Waals surface area contributed by atoms with Crippen molar-refractivity contribution in [1.29, 1.82) is 0 Å². The predicted molar refractivity (Wildman–Crippen MR) is 133 cm³/mol. The molecule has 0 spiro atoms. The summed E-state index contributed by atoms with van der Waals surface area (Å²) in [5, 5.41) is 11.4. The number of unbranched alkanes of at least 4 members (excludes halogenated alkanes) is 2. The van der Waals surface area contributed by atoms with Crippen LogP contribution in [0.5, 0.6) is 17.2 Å². The zero-order valence-corrected chi connectivity index (χ0v) is 20.4. The van der Waals surface area contributed by atoms with Gasteiger partial charge in [0.1, 0.15) is 12.4 Å². The van der Waals surface area contributed by atoms with E-state index in [1.165, 1.54) is 11.1 Å². The summed E-state index contributed by atoms with van der Waals surface area (Å²) < 4.78 is 13.4. The van der Waals surface area contributed by atoms with Crippen molar-refractivity contribution in [3.8, 4) is 17.2 Å². The maximum absolute atomic E-state index is 13.0. The number of ether oxygens (including phenoxy) is 2. The average molecular weight is 442 g/mol. The molecule has 0 atom stereocenters. The fraction of sp³-hybridized carbons (Fsp3) is 0.519. The monoisotopic (exact) mass is 441 g/mol. The van der Waals surface area contributed by atoms with Crippen molar-refractivity contribution in [2.24, 2.45) is 0 Å². The molecule has 1 aromatic heterocycles. The highest BCUT2D eigenvalue weighted by molar-refractivity contribution is 5.89. The molecule has 2 rings (SSSR count). The molecule has 1 aromatic carbocycles. The first-order valence-electron chi connectivity index (χ1n) is 11.8. The smallest absolute Gasteiger partial charge is 0.297 e. The van der Waals surface area contributed by atoms with Crippen LogP contribution in [0.15, 0.2) is 46.3 Å². The summed E-state index contributed by atoms with van der Waals surface area (Å²) in [4.78, 5) is 13.0. The molecule has 176 valence electrons. The third-order valence-electron chi connectivity index (χ3n) is 5.42. The first-order valence-corrected chi connectivity index (χ1v) is 11.8. The van der Waals surface area contributed by atoms with Crippen LogP contribution < -0.4 is 15.0 Å². The lowest BCUT2D eigenvalue weighted by Gasteiger charge is -2.16. The number of fused-ring (bicyclic) bond motifs is 1. The normalized spacial score (nSPS) is 11.6. The van der Waals surface area contributed by atoms with Gasteiger partial charge in [-0.1, -0.05) is 43.9 Å². The SMILES string of the molecule is CCCCOc1ccc2c(OC/C=C(\C)CCC=C(C)C)c(O)c(=O)n(CCCC)c2c1. The van der Waals surface area contributed by atoms with Gasteiger partial charge in [0.15, 0.2) is 5.75 Å². The van der Waals surface area contributed by atoms with E-state index in [9.17, 15) is 9.90 Å². The Morgan fingerprint density at radius 3 is 2.50 bits per heavy atom. The Morgan fingerprint density at radius 2 is 1.81 bits per heavy atom. The highest BCUT2D eigenvalue weighted by Gasteiger charge is 2.18. The second-order valence-corrected chi connectivity index (χ2v) is 8.55. The van der Waals surface area contributed by atoms with Crippen LogP contribution in [-0.2, 0) is 6.54 Å². The van der Waals surface area contributed by atoms with Crippen LogP contribution in [0.1, 0.15) is 73.1 Å². The fourth-order valence-corrected chi connectivity index (χ4v) is 3.46. The lowest BCUT2D eigenvalue weighted by molar-refractivity contribution is 0.309. The number of allylic oxidation sites excluding steroid dienone is 3. The van der Waals surface area contributed by atoms with Gasteiger partial charge in [0.05, 0.1) is 12.1 Å². The van der Waals surface area contributed by atoms with Gasteiger partial charge in [-0.2, -0.15) is 0 Å². The molecule has 0 saturated heterocycles. The summed E-state index contributed by atoms with van der Waals surface area (Å²) in [6.07, 6.45) is 10.0. The van der Waals surface area contributed by atoms with Crippen LogP contribution in [-0.4, -0.2) is 22.9 Å². The molecule has 0 aliphatic carbocycles. The minimum atomic E-state index is -0.420. The van der Waals surface area contributed by atoms with E-state index in [1.54, 1.807) is 4.57 Å². The number of aromatic nitrogens is 1. The zero-order chi connectivity index (χ0) is 23.5. The van der Waals surface area contributed by atoms with Crippen LogP contribution in [0, 0.1) is 0 Å². The van der Waals surface area contributed by atoms with Gasteiger partial charge in [-0.15, -0.1) is 0 Å². The quantitative estimate of drug-likeness (QED) is 0.276. The summed E-state index contributed by atoms with van der Waals surface area (Å²) in [6, 6.07) is 5.63. The lowest BCUT2D eigenvalue weighted by Crippen LogP contribution is -2.21. The maximum atomic E-state index is 13.0. The van der Waals surface area contributed by atoms with Crippen LogP contribution in [0.2, 0.25) is 0 Å².